The van der Waals surface area contributed by atoms with Gasteiger partial charge in [-0.2, -0.15) is 0 Å². The van der Waals surface area contributed by atoms with Crippen LogP contribution in [-0.2, 0) is 5.41 Å². The Morgan fingerprint density at radius 2 is 1.81 bits per heavy atom. The SMILES string of the molecule is O=C(NCC1(c2ccccc2)CC1)NC1CCC(O)CC1. The molecule has 3 rings (SSSR count). The van der Waals surface area contributed by atoms with E-state index in [1.807, 2.05) is 6.07 Å². The van der Waals surface area contributed by atoms with Crippen molar-refractivity contribution in [3.8, 4) is 0 Å². The standard InChI is InChI=1S/C17H24N2O2/c20-15-8-6-14(7-9-15)19-16(21)18-12-17(10-11-17)13-4-2-1-3-5-13/h1-5,14-15,20H,6-12H2,(H2,18,19,21). The first-order valence-corrected chi connectivity index (χ1v) is 7.96. The van der Waals surface area contributed by atoms with Crippen molar-refractivity contribution < 1.29 is 9.90 Å². The lowest BCUT2D eigenvalue weighted by Crippen LogP contribution is -2.46. The Morgan fingerprint density at radius 1 is 1.14 bits per heavy atom. The van der Waals surface area contributed by atoms with Crippen LogP contribution in [0.25, 0.3) is 0 Å². The summed E-state index contributed by atoms with van der Waals surface area (Å²) >= 11 is 0. The summed E-state index contributed by atoms with van der Waals surface area (Å²) in [7, 11) is 0. The van der Waals surface area contributed by atoms with E-state index in [1.165, 1.54) is 5.56 Å². The largest absolute Gasteiger partial charge is 0.393 e. The van der Waals surface area contributed by atoms with E-state index in [0.29, 0.717) is 6.54 Å². The molecule has 0 unspecified atom stereocenters. The third-order valence-electron chi connectivity index (χ3n) is 4.86. The number of hydrogen-bond acceptors (Lipinski definition) is 2. The van der Waals surface area contributed by atoms with Gasteiger partial charge in [-0.25, -0.2) is 4.79 Å². The zero-order valence-corrected chi connectivity index (χ0v) is 12.3. The molecule has 2 fully saturated rings. The summed E-state index contributed by atoms with van der Waals surface area (Å²) in [6.07, 6.45) is 5.44. The number of urea groups is 1. The Hall–Kier alpha value is -1.55. The lowest BCUT2D eigenvalue weighted by molar-refractivity contribution is 0.117. The van der Waals surface area contributed by atoms with Gasteiger partial charge in [-0.3, -0.25) is 0 Å². The Kier molecular flexibility index (Phi) is 4.15. The molecule has 114 valence electrons. The van der Waals surface area contributed by atoms with Gasteiger partial charge in [-0.15, -0.1) is 0 Å². The molecule has 0 radical (unpaired) electrons. The van der Waals surface area contributed by atoms with E-state index in [1.54, 1.807) is 0 Å². The number of benzene rings is 1. The smallest absolute Gasteiger partial charge is 0.315 e. The van der Waals surface area contributed by atoms with Crippen LogP contribution in [0.2, 0.25) is 0 Å². The molecule has 2 amide bonds. The van der Waals surface area contributed by atoms with Crippen LogP contribution in [0.4, 0.5) is 4.79 Å². The van der Waals surface area contributed by atoms with E-state index in [-0.39, 0.29) is 23.6 Å². The lowest BCUT2D eigenvalue weighted by Gasteiger charge is -2.26. The number of carbonyl (C=O) groups excluding carboxylic acids is 1. The zero-order chi connectivity index (χ0) is 14.7. The molecule has 0 aliphatic heterocycles. The molecule has 2 saturated carbocycles. The normalized spacial score (nSPS) is 26.9. The second kappa shape index (κ2) is 6.06. The maximum Gasteiger partial charge on any atom is 0.315 e. The van der Waals surface area contributed by atoms with E-state index >= 15 is 0 Å². The number of hydrogen-bond donors (Lipinski definition) is 3. The van der Waals surface area contributed by atoms with E-state index < -0.39 is 0 Å². The van der Waals surface area contributed by atoms with Gasteiger partial charge in [0.1, 0.15) is 0 Å². The van der Waals surface area contributed by atoms with Crippen LogP contribution in [0.5, 0.6) is 0 Å². The van der Waals surface area contributed by atoms with Crippen molar-refractivity contribution in [1.29, 1.82) is 0 Å². The fraction of sp³-hybridized carbons (Fsp3) is 0.588. The fourth-order valence-corrected chi connectivity index (χ4v) is 3.22. The number of nitrogens with one attached hydrogen (secondary N) is 2. The molecule has 1 aromatic carbocycles. The minimum absolute atomic E-state index is 0.0707. The first-order valence-electron chi connectivity index (χ1n) is 7.96. The van der Waals surface area contributed by atoms with Gasteiger partial charge in [0.05, 0.1) is 6.10 Å². The van der Waals surface area contributed by atoms with Crippen molar-refractivity contribution in [3.05, 3.63) is 35.9 Å². The number of amides is 2. The maximum atomic E-state index is 12.0. The molecule has 1 aromatic rings. The van der Waals surface area contributed by atoms with E-state index in [4.69, 9.17) is 0 Å². The Bertz CT molecular complexity index is 477. The first-order chi connectivity index (χ1) is 10.2. The van der Waals surface area contributed by atoms with E-state index in [2.05, 4.69) is 34.9 Å². The van der Waals surface area contributed by atoms with Gasteiger partial charge in [0, 0.05) is 18.0 Å². The second-order valence-electron chi connectivity index (χ2n) is 6.48. The molecule has 21 heavy (non-hydrogen) atoms. The third-order valence-corrected chi connectivity index (χ3v) is 4.86. The molecule has 3 N–H and O–H groups in total. The van der Waals surface area contributed by atoms with Gasteiger partial charge in [-0.1, -0.05) is 30.3 Å². The highest BCUT2D eigenvalue weighted by molar-refractivity contribution is 5.74. The fourth-order valence-electron chi connectivity index (χ4n) is 3.22. The summed E-state index contributed by atoms with van der Waals surface area (Å²) in [5, 5.41) is 15.5. The van der Waals surface area contributed by atoms with Crippen LogP contribution in [-0.4, -0.2) is 29.8 Å². The molecular weight excluding hydrogens is 264 g/mol. The van der Waals surface area contributed by atoms with Gasteiger partial charge < -0.3 is 15.7 Å². The number of aliphatic hydroxyl groups excluding tert-OH is 1. The number of aliphatic hydroxyl groups is 1. The Labute approximate surface area is 125 Å². The number of rotatable bonds is 4. The molecule has 4 nitrogen and oxygen atoms in total. The lowest BCUT2D eigenvalue weighted by atomic mass is 9.93. The van der Waals surface area contributed by atoms with Crippen LogP contribution in [0.15, 0.2) is 30.3 Å². The summed E-state index contributed by atoms with van der Waals surface area (Å²) in [4.78, 5) is 12.0. The Balaban J connectivity index is 1.46. The maximum absolute atomic E-state index is 12.0. The topological polar surface area (TPSA) is 61.4 Å². The van der Waals surface area contributed by atoms with Gasteiger partial charge >= 0.3 is 6.03 Å². The van der Waals surface area contributed by atoms with Crippen molar-refractivity contribution in [2.24, 2.45) is 0 Å². The monoisotopic (exact) mass is 288 g/mol. The molecular formula is C17H24N2O2. The van der Waals surface area contributed by atoms with Crippen LogP contribution in [0.3, 0.4) is 0 Å². The van der Waals surface area contributed by atoms with E-state index in [9.17, 15) is 9.90 Å². The van der Waals surface area contributed by atoms with Gasteiger partial charge in [0.2, 0.25) is 0 Å². The highest BCUT2D eigenvalue weighted by Gasteiger charge is 2.44. The van der Waals surface area contributed by atoms with Crippen molar-refractivity contribution in [1.82, 2.24) is 10.6 Å². The highest BCUT2D eigenvalue weighted by Crippen LogP contribution is 2.47. The summed E-state index contributed by atoms with van der Waals surface area (Å²) in [5.41, 5.74) is 1.48. The molecule has 0 spiro atoms. The molecule has 0 aromatic heterocycles. The summed E-state index contributed by atoms with van der Waals surface area (Å²) < 4.78 is 0. The summed E-state index contributed by atoms with van der Waals surface area (Å²) in [6.45, 7) is 0.707. The molecule has 2 aliphatic carbocycles. The first kappa shape index (κ1) is 14.4. The van der Waals surface area contributed by atoms with Crippen LogP contribution in [0, 0.1) is 0 Å². The van der Waals surface area contributed by atoms with E-state index in [0.717, 1.165) is 38.5 Å². The van der Waals surface area contributed by atoms with Crippen molar-refractivity contribution >= 4 is 6.03 Å². The molecule has 4 heteroatoms. The molecule has 0 heterocycles. The second-order valence-corrected chi connectivity index (χ2v) is 6.48. The average molecular weight is 288 g/mol. The van der Waals surface area contributed by atoms with Crippen molar-refractivity contribution in [2.45, 2.75) is 56.1 Å². The van der Waals surface area contributed by atoms with Crippen LogP contribution in [0.1, 0.15) is 44.1 Å². The van der Waals surface area contributed by atoms with Crippen molar-refractivity contribution in [2.75, 3.05) is 6.54 Å². The molecule has 0 atom stereocenters. The molecule has 2 aliphatic rings. The predicted molar refractivity (Wildman–Crippen MR) is 82.2 cm³/mol. The van der Waals surface area contributed by atoms with Crippen molar-refractivity contribution in [3.63, 3.8) is 0 Å². The van der Waals surface area contributed by atoms with Gasteiger partial charge in [0.15, 0.2) is 0 Å². The van der Waals surface area contributed by atoms with Gasteiger partial charge in [0.25, 0.3) is 0 Å². The van der Waals surface area contributed by atoms with Crippen LogP contribution < -0.4 is 10.6 Å². The van der Waals surface area contributed by atoms with Crippen LogP contribution >= 0.6 is 0 Å². The minimum atomic E-state index is -0.182. The van der Waals surface area contributed by atoms with Gasteiger partial charge in [-0.05, 0) is 44.1 Å². The molecule has 0 bridgehead atoms. The average Bonchev–Trinajstić information content (AvgIpc) is 3.30. The number of carbonyl (C=O) groups is 1. The third kappa shape index (κ3) is 3.56. The summed E-state index contributed by atoms with van der Waals surface area (Å²) in [5.74, 6) is 0. The minimum Gasteiger partial charge on any atom is -0.393 e. The quantitative estimate of drug-likeness (QED) is 0.796. The zero-order valence-electron chi connectivity index (χ0n) is 12.3. The highest BCUT2D eigenvalue weighted by atomic mass is 16.3. The molecule has 0 saturated heterocycles. The predicted octanol–water partition coefficient (Wildman–Crippen LogP) is 2.32. The Morgan fingerprint density at radius 3 is 2.43 bits per heavy atom. The summed E-state index contributed by atoms with van der Waals surface area (Å²) in [6, 6.07) is 10.6.